The number of anilines is 6. The first kappa shape index (κ1) is 26.2. The molecule has 0 unspecified atom stereocenters. The van der Waals surface area contributed by atoms with Crippen molar-refractivity contribution in [2.45, 2.75) is 13.8 Å². The Bertz CT molecular complexity index is 1700. The van der Waals surface area contributed by atoms with Crippen molar-refractivity contribution in [1.29, 1.82) is 0 Å². The molecule has 6 rings (SSSR count). The Hall–Kier alpha value is -5.02. The Morgan fingerprint density at radius 3 is 2.49 bits per heavy atom. The summed E-state index contributed by atoms with van der Waals surface area (Å²) in [6.07, 6.45) is 3.44. The highest BCUT2D eigenvalue weighted by atomic mass is 16.5. The number of ether oxygens (including phenoxy) is 1. The lowest BCUT2D eigenvalue weighted by atomic mass is 10.1. The zero-order valence-electron chi connectivity index (χ0n) is 23.0. The lowest BCUT2D eigenvalue weighted by Gasteiger charge is -2.29. The Labute approximate surface area is 238 Å². The smallest absolute Gasteiger partial charge is 0.256 e. The van der Waals surface area contributed by atoms with Gasteiger partial charge in [0.2, 0.25) is 0 Å². The number of aryl methyl sites for hydroxylation is 2. The summed E-state index contributed by atoms with van der Waals surface area (Å²) < 4.78 is 5.52. The van der Waals surface area contributed by atoms with Crippen LogP contribution in [0.5, 0.6) is 0 Å². The highest BCUT2D eigenvalue weighted by molar-refractivity contribution is 6.04. The predicted molar refractivity (Wildman–Crippen MR) is 164 cm³/mol. The van der Waals surface area contributed by atoms with Gasteiger partial charge in [-0.1, -0.05) is 6.07 Å². The maximum atomic E-state index is 13.1. The molecule has 0 radical (unpaired) electrons. The van der Waals surface area contributed by atoms with Crippen molar-refractivity contribution >= 4 is 51.1 Å². The van der Waals surface area contributed by atoms with Crippen LogP contribution < -0.4 is 20.9 Å². The molecule has 206 valence electrons. The number of nitrogens with one attached hydrogen (secondary N) is 3. The minimum atomic E-state index is -0.239. The Morgan fingerprint density at radius 2 is 1.68 bits per heavy atom. The fourth-order valence-electron chi connectivity index (χ4n) is 4.88. The number of nitrogens with zero attached hydrogens (tertiary/aromatic N) is 4. The van der Waals surface area contributed by atoms with Crippen LogP contribution in [0.25, 0.3) is 10.9 Å². The molecular weight excluding hydrogens is 514 g/mol. The van der Waals surface area contributed by atoms with Gasteiger partial charge in [0, 0.05) is 64.4 Å². The van der Waals surface area contributed by atoms with E-state index in [9.17, 15) is 4.79 Å². The van der Waals surface area contributed by atoms with E-state index >= 15 is 0 Å². The topological polar surface area (TPSA) is 104 Å². The van der Waals surface area contributed by atoms with Crippen LogP contribution in [-0.2, 0) is 4.74 Å². The largest absolute Gasteiger partial charge is 0.378 e. The Morgan fingerprint density at radius 1 is 0.829 bits per heavy atom. The second-order valence-electron chi connectivity index (χ2n) is 10.0. The molecule has 5 aromatic rings. The minimum absolute atomic E-state index is 0.239. The van der Waals surface area contributed by atoms with Crippen molar-refractivity contribution < 1.29 is 9.53 Å². The van der Waals surface area contributed by atoms with Crippen LogP contribution in [0, 0.1) is 13.8 Å². The van der Waals surface area contributed by atoms with E-state index in [1.54, 1.807) is 24.5 Å². The van der Waals surface area contributed by atoms with Crippen LogP contribution in [0.4, 0.5) is 34.3 Å². The predicted octanol–water partition coefficient (Wildman–Crippen LogP) is 6.22. The van der Waals surface area contributed by atoms with Crippen LogP contribution in [-0.4, -0.2) is 47.2 Å². The van der Waals surface area contributed by atoms with Gasteiger partial charge in [0.05, 0.1) is 30.6 Å². The zero-order chi connectivity index (χ0) is 28.2. The van der Waals surface area contributed by atoms with Crippen LogP contribution in [0.2, 0.25) is 0 Å². The van der Waals surface area contributed by atoms with Crippen molar-refractivity contribution in [3.05, 3.63) is 102 Å². The summed E-state index contributed by atoms with van der Waals surface area (Å²) in [6.45, 7) is 7.11. The van der Waals surface area contributed by atoms with Crippen LogP contribution >= 0.6 is 0 Å². The van der Waals surface area contributed by atoms with Gasteiger partial charge in [0.1, 0.15) is 5.82 Å². The van der Waals surface area contributed by atoms with Gasteiger partial charge in [0.25, 0.3) is 5.91 Å². The van der Waals surface area contributed by atoms with Crippen LogP contribution in [0.1, 0.15) is 21.7 Å². The first-order chi connectivity index (χ1) is 20.0. The number of morpholine rings is 1. The van der Waals surface area contributed by atoms with Gasteiger partial charge in [-0.05, 0) is 80.6 Å². The molecule has 4 heterocycles. The average molecular weight is 546 g/mol. The number of aromatic nitrogens is 3. The molecule has 0 saturated carbocycles. The number of pyridine rings is 3. The molecule has 1 aliphatic rings. The highest BCUT2D eigenvalue weighted by Crippen LogP contribution is 2.31. The number of hydrogen-bond acceptors (Lipinski definition) is 8. The third-order valence-electron chi connectivity index (χ3n) is 6.89. The third kappa shape index (κ3) is 6.26. The number of hydrogen-bond donors (Lipinski definition) is 3. The molecule has 9 nitrogen and oxygen atoms in total. The van der Waals surface area contributed by atoms with Gasteiger partial charge >= 0.3 is 0 Å². The molecule has 41 heavy (non-hydrogen) atoms. The maximum Gasteiger partial charge on any atom is 0.256 e. The molecule has 2 aromatic carbocycles. The lowest BCUT2D eigenvalue weighted by molar-refractivity contribution is 0.102. The van der Waals surface area contributed by atoms with Gasteiger partial charge in [-0.25, -0.2) is 4.98 Å². The van der Waals surface area contributed by atoms with Crippen LogP contribution in [0.15, 0.2) is 85.2 Å². The average Bonchev–Trinajstić information content (AvgIpc) is 2.98. The van der Waals surface area contributed by atoms with E-state index in [-0.39, 0.29) is 5.91 Å². The maximum absolute atomic E-state index is 13.1. The van der Waals surface area contributed by atoms with Gasteiger partial charge in [-0.2, -0.15) is 0 Å². The van der Waals surface area contributed by atoms with E-state index in [0.717, 1.165) is 77.0 Å². The normalized spacial score (nSPS) is 13.2. The molecule has 0 aliphatic carbocycles. The highest BCUT2D eigenvalue weighted by Gasteiger charge is 2.14. The van der Waals surface area contributed by atoms with Crippen LogP contribution in [0.3, 0.4) is 0 Å². The summed E-state index contributed by atoms with van der Waals surface area (Å²) in [5.41, 5.74) is 7.91. The zero-order valence-corrected chi connectivity index (χ0v) is 23.0. The summed E-state index contributed by atoms with van der Waals surface area (Å²) in [5, 5.41) is 10.7. The molecule has 1 aliphatic heterocycles. The molecule has 0 atom stereocenters. The summed E-state index contributed by atoms with van der Waals surface area (Å²) in [7, 11) is 0. The summed E-state index contributed by atoms with van der Waals surface area (Å²) >= 11 is 0. The molecule has 1 fully saturated rings. The van der Waals surface area contributed by atoms with E-state index < -0.39 is 0 Å². The number of benzene rings is 2. The fraction of sp³-hybridized carbons (Fsp3) is 0.188. The number of carbonyl (C=O) groups excluding carboxylic acids is 1. The molecular formula is C32H31N7O2. The molecule has 0 spiro atoms. The number of rotatable bonds is 7. The standard InChI is InChI=1S/C32H31N7O2/c1-21-16-25(10-11-33-21)36-26-6-9-31(34-20-26)38-32(40)23-4-3-5-24(18-23)37-30-17-22(2)35-29-8-7-27(19-28(29)30)39-12-14-41-15-13-39/h3-11,16-20H,12-15H2,1-2H3,(H,33,36)(H,35,37)(H,34,38,40). The van der Waals surface area contributed by atoms with Gasteiger partial charge in [-0.3, -0.25) is 14.8 Å². The van der Waals surface area contributed by atoms with Crippen molar-refractivity contribution in [3.63, 3.8) is 0 Å². The molecule has 1 amide bonds. The first-order valence-electron chi connectivity index (χ1n) is 13.6. The monoisotopic (exact) mass is 545 g/mol. The summed E-state index contributed by atoms with van der Waals surface area (Å²) in [5.74, 6) is 0.230. The van der Waals surface area contributed by atoms with Crippen molar-refractivity contribution in [3.8, 4) is 0 Å². The van der Waals surface area contributed by atoms with E-state index in [1.165, 1.54) is 0 Å². The molecule has 3 aromatic heterocycles. The second kappa shape index (κ2) is 11.6. The molecule has 0 bridgehead atoms. The van der Waals surface area contributed by atoms with Gasteiger partial charge < -0.3 is 25.6 Å². The third-order valence-corrected chi connectivity index (χ3v) is 6.89. The van der Waals surface area contributed by atoms with Gasteiger partial charge in [0.15, 0.2) is 0 Å². The van der Waals surface area contributed by atoms with Crippen molar-refractivity contribution in [1.82, 2.24) is 15.0 Å². The molecule has 1 saturated heterocycles. The van der Waals surface area contributed by atoms with E-state index in [4.69, 9.17) is 9.72 Å². The van der Waals surface area contributed by atoms with Crippen molar-refractivity contribution in [2.75, 3.05) is 47.2 Å². The quantitative estimate of drug-likeness (QED) is 0.222. The van der Waals surface area contributed by atoms with E-state index in [2.05, 4.69) is 49.0 Å². The molecule has 3 N–H and O–H groups in total. The first-order valence-corrected chi connectivity index (χ1v) is 13.6. The number of amides is 1. The lowest BCUT2D eigenvalue weighted by Crippen LogP contribution is -2.36. The SMILES string of the molecule is Cc1cc(Nc2ccc(NC(=O)c3cccc(Nc4cc(C)nc5ccc(N6CCOCC6)cc45)c3)nc2)ccn1. The van der Waals surface area contributed by atoms with Gasteiger partial charge in [-0.15, -0.1) is 0 Å². The second-order valence-corrected chi connectivity index (χ2v) is 10.0. The Kier molecular flexibility index (Phi) is 7.42. The summed E-state index contributed by atoms with van der Waals surface area (Å²) in [4.78, 5) is 28.8. The number of fused-ring (bicyclic) bond motifs is 1. The molecule has 9 heteroatoms. The Balaban J connectivity index is 1.17. The van der Waals surface area contributed by atoms with E-state index in [0.29, 0.717) is 11.4 Å². The minimum Gasteiger partial charge on any atom is -0.378 e. The number of carbonyl (C=O) groups is 1. The van der Waals surface area contributed by atoms with E-state index in [1.807, 2.05) is 56.3 Å². The fourth-order valence-corrected chi connectivity index (χ4v) is 4.88. The van der Waals surface area contributed by atoms with Crippen molar-refractivity contribution in [2.24, 2.45) is 0 Å². The summed E-state index contributed by atoms with van der Waals surface area (Å²) in [6, 6.07) is 23.3.